The Morgan fingerprint density at radius 2 is 1.84 bits per heavy atom. The fourth-order valence-corrected chi connectivity index (χ4v) is 10.1. The van der Waals surface area contributed by atoms with Crippen LogP contribution in [0.3, 0.4) is 0 Å². The van der Waals surface area contributed by atoms with Crippen molar-refractivity contribution < 1.29 is 13.2 Å². The van der Waals surface area contributed by atoms with Gasteiger partial charge in [-0.05, 0) is 97.7 Å². The summed E-state index contributed by atoms with van der Waals surface area (Å²) in [5.41, 5.74) is 0.132. The first-order valence-corrected chi connectivity index (χ1v) is 14.8. The highest BCUT2D eigenvalue weighted by molar-refractivity contribution is 7.90. The molecule has 1 aromatic rings. The normalized spacial score (nSPS) is 47.2. The second kappa shape index (κ2) is 7.16. The molecule has 6 heteroatoms. The Morgan fingerprint density at radius 1 is 1.06 bits per heavy atom. The molecule has 5 aliphatic carbocycles. The van der Waals surface area contributed by atoms with Gasteiger partial charge in [-0.25, -0.2) is 8.42 Å². The van der Waals surface area contributed by atoms with Crippen molar-refractivity contribution in [3.63, 3.8) is 0 Å². The van der Waals surface area contributed by atoms with Gasteiger partial charge in [-0.1, -0.05) is 20.3 Å². The third-order valence-corrected chi connectivity index (χ3v) is 11.8. The van der Waals surface area contributed by atoms with Gasteiger partial charge in [0.15, 0.2) is 15.6 Å². The zero-order valence-corrected chi connectivity index (χ0v) is 20.6. The smallest absolute Gasteiger partial charge is 0.178 e. The number of hydrogen-bond acceptors (Lipinski definition) is 4. The predicted molar refractivity (Wildman–Crippen MR) is 122 cm³/mol. The van der Waals surface area contributed by atoms with Gasteiger partial charge in [-0.2, -0.15) is 5.10 Å². The van der Waals surface area contributed by atoms with Gasteiger partial charge in [0, 0.05) is 18.4 Å². The quantitative estimate of drug-likeness (QED) is 0.660. The van der Waals surface area contributed by atoms with E-state index in [4.69, 9.17) is 0 Å². The Morgan fingerprint density at radius 3 is 2.59 bits per heavy atom. The molecule has 0 N–H and O–H groups in total. The van der Waals surface area contributed by atoms with E-state index in [9.17, 15) is 13.2 Å². The minimum Gasteiger partial charge on any atom is -0.297 e. The summed E-state index contributed by atoms with van der Waals surface area (Å²) in [7, 11) is -3.29. The molecular formula is C26H38N2O3S. The van der Waals surface area contributed by atoms with Gasteiger partial charge in [0.05, 0.1) is 12.7 Å². The van der Waals surface area contributed by atoms with Crippen LogP contribution in [0.4, 0.5) is 0 Å². The molecule has 5 saturated carbocycles. The van der Waals surface area contributed by atoms with E-state index in [1.165, 1.54) is 70.0 Å². The molecule has 0 aliphatic heterocycles. The van der Waals surface area contributed by atoms with Crippen LogP contribution in [-0.4, -0.2) is 30.2 Å². The fraction of sp³-hybridized carbons (Fsp3) is 0.846. The molecule has 0 aromatic carbocycles. The lowest BCUT2D eigenvalue weighted by Crippen LogP contribution is -2.51. The number of carbonyl (C=O) groups is 1. The Labute approximate surface area is 192 Å². The second-order valence-electron chi connectivity index (χ2n) is 12.5. The van der Waals surface area contributed by atoms with Gasteiger partial charge < -0.3 is 0 Å². The third-order valence-electron chi connectivity index (χ3n) is 10.7. The second-order valence-corrected chi connectivity index (χ2v) is 14.5. The van der Waals surface area contributed by atoms with Crippen molar-refractivity contribution in [3.05, 3.63) is 12.4 Å². The molecule has 0 bridgehead atoms. The summed E-state index contributed by atoms with van der Waals surface area (Å²) in [6.45, 7) is 5.09. The van der Waals surface area contributed by atoms with Gasteiger partial charge in [0.2, 0.25) is 0 Å². The number of aromatic nitrogens is 2. The summed E-state index contributed by atoms with van der Waals surface area (Å²) in [6.07, 6.45) is 14.9. The lowest BCUT2D eigenvalue weighted by Gasteiger charge is -2.57. The highest BCUT2D eigenvalue weighted by Crippen LogP contribution is 2.74. The third kappa shape index (κ3) is 3.18. The average Bonchev–Trinajstić information content (AvgIpc) is 3.20. The molecule has 6 rings (SSSR count). The first kappa shape index (κ1) is 21.4. The number of carbonyl (C=O) groups excluding carboxylic acids is 1. The van der Waals surface area contributed by atoms with Gasteiger partial charge in [-0.15, -0.1) is 0 Å². The molecule has 10 atom stereocenters. The van der Waals surface area contributed by atoms with Crippen LogP contribution in [0, 0.1) is 58.7 Å². The Hall–Kier alpha value is -1.17. The first-order chi connectivity index (χ1) is 15.2. The van der Waals surface area contributed by atoms with E-state index in [1.54, 1.807) is 4.68 Å². The van der Waals surface area contributed by atoms with Crippen molar-refractivity contribution in [1.82, 2.24) is 9.78 Å². The van der Waals surface area contributed by atoms with Crippen LogP contribution in [0.15, 0.2) is 17.3 Å². The van der Waals surface area contributed by atoms with Crippen molar-refractivity contribution in [2.75, 3.05) is 6.26 Å². The van der Waals surface area contributed by atoms with Gasteiger partial charge in [0.1, 0.15) is 4.90 Å². The van der Waals surface area contributed by atoms with E-state index < -0.39 is 9.84 Å². The summed E-state index contributed by atoms with van der Waals surface area (Å²) in [5, 5.41) is 4.19. The van der Waals surface area contributed by atoms with Crippen molar-refractivity contribution in [3.8, 4) is 0 Å². The van der Waals surface area contributed by atoms with E-state index in [0.717, 1.165) is 41.4 Å². The molecule has 1 aromatic heterocycles. The number of sulfone groups is 1. The zero-order valence-electron chi connectivity index (χ0n) is 19.7. The van der Waals surface area contributed by atoms with E-state index in [-0.39, 0.29) is 28.6 Å². The maximum Gasteiger partial charge on any atom is 0.178 e. The fourth-order valence-electron chi connectivity index (χ4n) is 9.54. The molecule has 32 heavy (non-hydrogen) atoms. The minimum atomic E-state index is -3.29. The molecule has 176 valence electrons. The highest BCUT2D eigenvalue weighted by atomic mass is 32.2. The SMILES string of the molecule is C[C@H]1CCC2[C@H](CC[C@H]3C4[C@@H]5C[C@@H]5[C@H](C(=O)Cn5cc(S(C)(=O)=O)cn5)[C@@]4(C)CC[C@H]23)C1. The molecule has 0 saturated heterocycles. The molecule has 1 heterocycles. The number of ketones is 1. The van der Waals surface area contributed by atoms with Crippen LogP contribution >= 0.6 is 0 Å². The summed E-state index contributed by atoms with van der Waals surface area (Å²) >= 11 is 0. The van der Waals surface area contributed by atoms with Crippen LogP contribution in [0.1, 0.15) is 65.2 Å². The van der Waals surface area contributed by atoms with Crippen molar-refractivity contribution in [2.45, 2.75) is 76.7 Å². The zero-order chi connectivity index (χ0) is 22.4. The van der Waals surface area contributed by atoms with E-state index in [1.807, 2.05) is 0 Å². The molecular weight excluding hydrogens is 420 g/mol. The minimum absolute atomic E-state index is 0.132. The van der Waals surface area contributed by atoms with Crippen LogP contribution in [0.5, 0.6) is 0 Å². The molecule has 5 nitrogen and oxygen atoms in total. The monoisotopic (exact) mass is 458 g/mol. The van der Waals surface area contributed by atoms with Crippen LogP contribution in [0.25, 0.3) is 0 Å². The molecule has 5 aliphatic rings. The molecule has 5 fully saturated rings. The van der Waals surface area contributed by atoms with Gasteiger partial charge >= 0.3 is 0 Å². The first-order valence-electron chi connectivity index (χ1n) is 12.9. The summed E-state index contributed by atoms with van der Waals surface area (Å²) in [5.74, 6) is 7.00. The Kier molecular flexibility index (Phi) is 4.78. The van der Waals surface area contributed by atoms with Crippen LogP contribution < -0.4 is 0 Å². The number of Topliss-reactive ketones (excluding diaryl/α,β-unsaturated/α-hetero) is 1. The predicted octanol–water partition coefficient (Wildman–Crippen LogP) is 4.62. The van der Waals surface area contributed by atoms with Crippen molar-refractivity contribution in [1.29, 1.82) is 0 Å². The summed E-state index contributed by atoms with van der Waals surface area (Å²) < 4.78 is 25.1. The van der Waals surface area contributed by atoms with Crippen molar-refractivity contribution >= 4 is 15.6 Å². The topological polar surface area (TPSA) is 69.0 Å². The maximum absolute atomic E-state index is 13.6. The summed E-state index contributed by atoms with van der Waals surface area (Å²) in [4.78, 5) is 13.8. The summed E-state index contributed by atoms with van der Waals surface area (Å²) in [6, 6.07) is 0. The largest absolute Gasteiger partial charge is 0.297 e. The van der Waals surface area contributed by atoms with Gasteiger partial charge in [-0.3, -0.25) is 9.48 Å². The Bertz CT molecular complexity index is 1030. The van der Waals surface area contributed by atoms with Gasteiger partial charge in [0.25, 0.3) is 0 Å². The lowest BCUT2D eigenvalue weighted by molar-refractivity contribution is -0.134. The molecule has 0 radical (unpaired) electrons. The highest BCUT2D eigenvalue weighted by Gasteiger charge is 2.70. The van der Waals surface area contributed by atoms with Crippen molar-refractivity contribution in [2.24, 2.45) is 58.7 Å². The molecule has 0 spiro atoms. The molecule has 2 unspecified atom stereocenters. The van der Waals surface area contributed by atoms with E-state index >= 15 is 0 Å². The maximum atomic E-state index is 13.6. The lowest BCUT2D eigenvalue weighted by atomic mass is 9.48. The number of hydrogen-bond donors (Lipinski definition) is 0. The number of nitrogens with zero attached hydrogens (tertiary/aromatic N) is 2. The van der Waals surface area contributed by atoms with Crippen LogP contribution in [0.2, 0.25) is 0 Å². The van der Waals surface area contributed by atoms with E-state index in [0.29, 0.717) is 5.92 Å². The van der Waals surface area contributed by atoms with Crippen LogP contribution in [-0.2, 0) is 21.2 Å². The standard InChI is InChI=1S/C26H38N2O3S/c1-15-4-6-18-16(10-15)5-7-20-19(18)8-9-26(2)24(20)21-11-22(21)25(26)23(29)14-28-13-17(12-27-28)32(3,30)31/h12-13,15-16,18-22,24-25H,4-11,14H2,1-3H3/t15-,16+,18?,19+,20+,21+,22-,24?,25+,26-/m0/s1. The van der Waals surface area contributed by atoms with E-state index in [2.05, 4.69) is 18.9 Å². The number of fused-ring (bicyclic) bond motifs is 7. The Balaban J connectivity index is 1.22. The number of rotatable bonds is 4. The average molecular weight is 459 g/mol. The molecule has 0 amide bonds.